The average Bonchev–Trinajstić information content (AvgIpc) is 3.25. The van der Waals surface area contributed by atoms with Crippen LogP contribution in [0.15, 0.2) is 66.0 Å². The average molecular weight is 394 g/mol. The predicted octanol–water partition coefficient (Wildman–Crippen LogP) is 3.82. The summed E-state index contributed by atoms with van der Waals surface area (Å²) in [5.41, 5.74) is 1.39. The zero-order chi connectivity index (χ0) is 19.9. The first kappa shape index (κ1) is 19.3. The molecule has 0 aliphatic heterocycles. The van der Waals surface area contributed by atoms with Gasteiger partial charge in [-0.15, -0.1) is 11.3 Å². The third kappa shape index (κ3) is 4.81. The Morgan fingerprint density at radius 2 is 1.82 bits per heavy atom. The van der Waals surface area contributed by atoms with Gasteiger partial charge in [-0.3, -0.25) is 4.79 Å². The van der Waals surface area contributed by atoms with Gasteiger partial charge in [0.2, 0.25) is 0 Å². The highest BCUT2D eigenvalue weighted by Crippen LogP contribution is 2.26. The molecular weight excluding hydrogens is 379 g/mol. The standard InChI is InChI=1S/C21H15FN2O3S/c22-17-9-7-15(8-10-17)20(18-2-1-11-28-18)24-19(25)13-27-21(26)16-5-3-14(12-23)4-6-16/h1-11,20H,13H2,(H,24,25)/t20-/m0/s1. The number of nitrogens with one attached hydrogen (secondary N) is 1. The monoisotopic (exact) mass is 394 g/mol. The van der Waals surface area contributed by atoms with Crippen molar-refractivity contribution in [2.24, 2.45) is 0 Å². The first-order chi connectivity index (χ1) is 13.6. The summed E-state index contributed by atoms with van der Waals surface area (Å²) < 4.78 is 18.3. The number of thiophene rings is 1. The van der Waals surface area contributed by atoms with E-state index in [9.17, 15) is 14.0 Å². The first-order valence-corrected chi connectivity index (χ1v) is 9.20. The molecule has 1 heterocycles. The maximum atomic E-state index is 13.2. The number of hydrogen-bond donors (Lipinski definition) is 1. The quantitative estimate of drug-likeness (QED) is 0.645. The van der Waals surface area contributed by atoms with Gasteiger partial charge in [0.1, 0.15) is 5.82 Å². The van der Waals surface area contributed by atoms with Crippen LogP contribution in [0.5, 0.6) is 0 Å². The van der Waals surface area contributed by atoms with Crippen LogP contribution < -0.4 is 5.32 Å². The van der Waals surface area contributed by atoms with Gasteiger partial charge in [-0.25, -0.2) is 9.18 Å². The maximum absolute atomic E-state index is 13.2. The van der Waals surface area contributed by atoms with Gasteiger partial charge in [0.25, 0.3) is 5.91 Å². The topological polar surface area (TPSA) is 79.2 Å². The van der Waals surface area contributed by atoms with Crippen LogP contribution >= 0.6 is 11.3 Å². The number of benzene rings is 2. The first-order valence-electron chi connectivity index (χ1n) is 8.32. The van der Waals surface area contributed by atoms with Crippen LogP contribution in [0.25, 0.3) is 0 Å². The molecular formula is C21H15FN2O3S. The maximum Gasteiger partial charge on any atom is 0.338 e. The lowest BCUT2D eigenvalue weighted by atomic mass is 10.1. The molecule has 1 aromatic heterocycles. The van der Waals surface area contributed by atoms with Gasteiger partial charge in [0.15, 0.2) is 6.61 Å². The van der Waals surface area contributed by atoms with Crippen molar-refractivity contribution in [3.05, 3.63) is 93.4 Å². The Morgan fingerprint density at radius 3 is 2.43 bits per heavy atom. The minimum atomic E-state index is -0.658. The van der Waals surface area contributed by atoms with Crippen molar-refractivity contribution in [1.82, 2.24) is 5.32 Å². The van der Waals surface area contributed by atoms with Gasteiger partial charge in [-0.05, 0) is 53.4 Å². The van der Waals surface area contributed by atoms with Crippen molar-refractivity contribution in [1.29, 1.82) is 5.26 Å². The fourth-order valence-electron chi connectivity index (χ4n) is 2.53. The van der Waals surface area contributed by atoms with Crippen molar-refractivity contribution < 1.29 is 18.7 Å². The van der Waals surface area contributed by atoms with Crippen LogP contribution in [0.3, 0.4) is 0 Å². The number of nitrogens with zero attached hydrogens (tertiary/aromatic N) is 1. The molecule has 3 aromatic rings. The summed E-state index contributed by atoms with van der Waals surface area (Å²) >= 11 is 1.45. The minimum absolute atomic E-state index is 0.250. The highest BCUT2D eigenvalue weighted by Gasteiger charge is 2.19. The van der Waals surface area contributed by atoms with E-state index in [2.05, 4.69) is 5.32 Å². The Kier molecular flexibility index (Phi) is 6.14. The fraction of sp³-hybridized carbons (Fsp3) is 0.0952. The third-order valence-corrected chi connectivity index (χ3v) is 4.86. The van der Waals surface area contributed by atoms with E-state index in [1.807, 2.05) is 23.6 Å². The molecule has 1 atom stereocenters. The highest BCUT2D eigenvalue weighted by molar-refractivity contribution is 7.10. The normalized spacial score (nSPS) is 11.3. The van der Waals surface area contributed by atoms with Crippen LogP contribution in [-0.4, -0.2) is 18.5 Å². The SMILES string of the molecule is N#Cc1ccc(C(=O)OCC(=O)N[C@@H](c2ccc(F)cc2)c2cccs2)cc1. The second kappa shape index (κ2) is 8.93. The molecule has 1 N–H and O–H groups in total. The van der Waals surface area contributed by atoms with Crippen molar-refractivity contribution in [2.45, 2.75) is 6.04 Å². The number of rotatable bonds is 6. The summed E-state index contributed by atoms with van der Waals surface area (Å²) in [5, 5.41) is 13.5. The van der Waals surface area contributed by atoms with Crippen LogP contribution in [-0.2, 0) is 9.53 Å². The molecule has 28 heavy (non-hydrogen) atoms. The van der Waals surface area contributed by atoms with Crippen molar-refractivity contribution in [2.75, 3.05) is 6.61 Å². The lowest BCUT2D eigenvalue weighted by molar-refractivity contribution is -0.124. The molecule has 0 unspecified atom stereocenters. The smallest absolute Gasteiger partial charge is 0.338 e. The number of carbonyl (C=O) groups excluding carboxylic acids is 2. The lowest BCUT2D eigenvalue weighted by Gasteiger charge is -2.18. The zero-order valence-corrected chi connectivity index (χ0v) is 15.4. The second-order valence-corrected chi connectivity index (χ2v) is 6.81. The van der Waals surface area contributed by atoms with Gasteiger partial charge >= 0.3 is 5.97 Å². The molecule has 0 aliphatic carbocycles. The van der Waals surface area contributed by atoms with Crippen molar-refractivity contribution >= 4 is 23.2 Å². The summed E-state index contributed by atoms with van der Waals surface area (Å²) in [6.07, 6.45) is 0. The molecule has 0 saturated heterocycles. The van der Waals surface area contributed by atoms with E-state index in [0.29, 0.717) is 5.56 Å². The molecule has 5 nitrogen and oxygen atoms in total. The molecule has 140 valence electrons. The summed E-state index contributed by atoms with van der Waals surface area (Å²) in [6, 6.07) is 17.0. The largest absolute Gasteiger partial charge is 0.452 e. The number of nitriles is 1. The molecule has 1 amide bonds. The lowest BCUT2D eigenvalue weighted by Crippen LogP contribution is -2.32. The van der Waals surface area contributed by atoms with E-state index in [1.54, 1.807) is 12.1 Å². The fourth-order valence-corrected chi connectivity index (χ4v) is 3.33. The van der Waals surface area contributed by atoms with Gasteiger partial charge in [0, 0.05) is 4.88 Å². The Balaban J connectivity index is 1.64. The van der Waals surface area contributed by atoms with E-state index in [0.717, 1.165) is 10.4 Å². The van der Waals surface area contributed by atoms with Crippen LogP contribution in [0, 0.1) is 17.1 Å². The number of esters is 1. The Morgan fingerprint density at radius 1 is 1.11 bits per heavy atom. The highest BCUT2D eigenvalue weighted by atomic mass is 32.1. The molecule has 0 bridgehead atoms. The number of hydrogen-bond acceptors (Lipinski definition) is 5. The van der Waals surface area contributed by atoms with Crippen LogP contribution in [0.1, 0.15) is 32.4 Å². The molecule has 3 rings (SSSR count). The number of carbonyl (C=O) groups is 2. The molecule has 0 radical (unpaired) electrons. The van der Waals surface area contributed by atoms with E-state index >= 15 is 0 Å². The summed E-state index contributed by atoms with van der Waals surface area (Å²) in [7, 11) is 0. The minimum Gasteiger partial charge on any atom is -0.452 e. The zero-order valence-electron chi connectivity index (χ0n) is 14.6. The molecule has 7 heteroatoms. The number of halogens is 1. The van der Waals surface area contributed by atoms with Gasteiger partial charge in [0.05, 0.1) is 23.2 Å². The van der Waals surface area contributed by atoms with E-state index in [4.69, 9.17) is 10.00 Å². The van der Waals surface area contributed by atoms with E-state index < -0.39 is 24.5 Å². The van der Waals surface area contributed by atoms with E-state index in [1.165, 1.54) is 47.7 Å². The van der Waals surface area contributed by atoms with Crippen LogP contribution in [0.4, 0.5) is 4.39 Å². The molecule has 0 fully saturated rings. The number of ether oxygens (including phenoxy) is 1. The van der Waals surface area contributed by atoms with Crippen LogP contribution in [0.2, 0.25) is 0 Å². The molecule has 0 spiro atoms. The van der Waals surface area contributed by atoms with E-state index in [-0.39, 0.29) is 11.4 Å². The Bertz CT molecular complexity index is 994. The Labute approximate surface area is 165 Å². The van der Waals surface area contributed by atoms with Gasteiger partial charge in [-0.1, -0.05) is 18.2 Å². The predicted molar refractivity (Wildman–Crippen MR) is 102 cm³/mol. The van der Waals surface area contributed by atoms with Gasteiger partial charge in [-0.2, -0.15) is 5.26 Å². The Hall–Kier alpha value is -3.50. The second-order valence-electron chi connectivity index (χ2n) is 5.83. The third-order valence-electron chi connectivity index (χ3n) is 3.92. The summed E-state index contributed by atoms with van der Waals surface area (Å²) in [4.78, 5) is 25.2. The molecule has 2 aromatic carbocycles. The van der Waals surface area contributed by atoms with Crippen molar-refractivity contribution in [3.8, 4) is 6.07 Å². The van der Waals surface area contributed by atoms with Gasteiger partial charge < -0.3 is 10.1 Å². The molecule has 0 aliphatic rings. The summed E-state index contributed by atoms with van der Waals surface area (Å²) in [5.74, 6) is -1.50. The van der Waals surface area contributed by atoms with Crippen molar-refractivity contribution in [3.63, 3.8) is 0 Å². The number of amides is 1. The molecule has 0 saturated carbocycles. The summed E-state index contributed by atoms with van der Waals surface area (Å²) in [6.45, 7) is -0.456.